The largest absolute Gasteiger partial charge is 0.497 e. The number of hydrogen-bond acceptors (Lipinski definition) is 5. The molecule has 7 nitrogen and oxygen atoms in total. The van der Waals surface area contributed by atoms with Crippen LogP contribution >= 0.6 is 0 Å². The van der Waals surface area contributed by atoms with Crippen molar-refractivity contribution in [2.24, 2.45) is 7.05 Å². The maximum atomic E-state index is 12.6. The number of anilines is 2. The number of ether oxygens (including phenoxy) is 1. The third kappa shape index (κ3) is 4.04. The van der Waals surface area contributed by atoms with Gasteiger partial charge in [-0.05, 0) is 37.0 Å². The molecule has 0 radical (unpaired) electrons. The van der Waals surface area contributed by atoms with Crippen molar-refractivity contribution < 1.29 is 9.53 Å². The topological polar surface area (TPSA) is 76.5 Å². The molecule has 0 atom stereocenters. The first-order valence-electron chi connectivity index (χ1n) is 8.82. The van der Waals surface area contributed by atoms with E-state index in [9.17, 15) is 9.59 Å². The van der Waals surface area contributed by atoms with Crippen LogP contribution in [0, 0.1) is 0 Å². The highest BCUT2D eigenvalue weighted by Crippen LogP contribution is 2.24. The van der Waals surface area contributed by atoms with Gasteiger partial charge in [0.2, 0.25) is 5.91 Å². The van der Waals surface area contributed by atoms with E-state index >= 15 is 0 Å². The van der Waals surface area contributed by atoms with E-state index in [-0.39, 0.29) is 17.9 Å². The standard InChI is InChI=1S/C19H24N4O3/c1-22-19(25)18(23-10-4-3-5-11-23)16(13-20-22)21-17(24)12-14-6-8-15(26-2)9-7-14/h6-9,13H,3-5,10-12H2,1-2H3,(H,21,24). The van der Waals surface area contributed by atoms with Gasteiger partial charge >= 0.3 is 0 Å². The molecule has 0 aliphatic carbocycles. The first kappa shape index (κ1) is 18.0. The first-order valence-corrected chi connectivity index (χ1v) is 8.82. The molecule has 3 rings (SSSR count). The van der Waals surface area contributed by atoms with Crippen LogP contribution in [0.3, 0.4) is 0 Å². The van der Waals surface area contributed by atoms with Crippen LogP contribution < -0.4 is 20.5 Å². The summed E-state index contributed by atoms with van der Waals surface area (Å²) in [7, 11) is 3.23. The van der Waals surface area contributed by atoms with E-state index in [0.717, 1.165) is 37.2 Å². The predicted octanol–water partition coefficient (Wildman–Crippen LogP) is 1.96. The van der Waals surface area contributed by atoms with Crippen LogP contribution in [0.15, 0.2) is 35.3 Å². The molecule has 1 saturated heterocycles. The van der Waals surface area contributed by atoms with Crippen molar-refractivity contribution in [2.75, 3.05) is 30.4 Å². The SMILES string of the molecule is COc1ccc(CC(=O)Nc2cnn(C)c(=O)c2N2CCCCC2)cc1. The van der Waals surface area contributed by atoms with Crippen LogP contribution in [-0.4, -0.2) is 35.9 Å². The lowest BCUT2D eigenvalue weighted by Gasteiger charge is -2.29. The van der Waals surface area contributed by atoms with E-state index in [1.165, 1.54) is 11.1 Å². The Morgan fingerprint density at radius 3 is 2.54 bits per heavy atom. The Morgan fingerprint density at radius 1 is 1.19 bits per heavy atom. The van der Waals surface area contributed by atoms with Crippen LogP contribution in [0.1, 0.15) is 24.8 Å². The first-order chi connectivity index (χ1) is 12.6. The van der Waals surface area contributed by atoms with Crippen molar-refractivity contribution in [3.05, 3.63) is 46.4 Å². The lowest BCUT2D eigenvalue weighted by atomic mass is 10.1. The van der Waals surface area contributed by atoms with Gasteiger partial charge in [-0.3, -0.25) is 9.59 Å². The maximum Gasteiger partial charge on any atom is 0.292 e. The molecule has 2 aromatic rings. The molecule has 1 aliphatic heterocycles. The minimum Gasteiger partial charge on any atom is -0.497 e. The maximum absolute atomic E-state index is 12.6. The van der Waals surface area contributed by atoms with Crippen molar-refractivity contribution >= 4 is 17.3 Å². The lowest BCUT2D eigenvalue weighted by Crippen LogP contribution is -2.37. The summed E-state index contributed by atoms with van der Waals surface area (Å²) in [6.45, 7) is 1.64. The van der Waals surface area contributed by atoms with E-state index in [0.29, 0.717) is 11.4 Å². The van der Waals surface area contributed by atoms with Gasteiger partial charge in [-0.2, -0.15) is 5.10 Å². The third-order valence-corrected chi connectivity index (χ3v) is 4.58. The third-order valence-electron chi connectivity index (χ3n) is 4.58. The van der Waals surface area contributed by atoms with E-state index in [1.54, 1.807) is 20.4 Å². The Kier molecular flexibility index (Phi) is 5.55. The minimum absolute atomic E-state index is 0.177. The second-order valence-electron chi connectivity index (χ2n) is 6.46. The highest BCUT2D eigenvalue weighted by atomic mass is 16.5. The van der Waals surface area contributed by atoms with E-state index in [4.69, 9.17) is 4.74 Å². The minimum atomic E-state index is -0.186. The van der Waals surface area contributed by atoms with Gasteiger partial charge in [0.05, 0.1) is 25.4 Å². The number of amides is 1. The fourth-order valence-corrected chi connectivity index (χ4v) is 3.16. The predicted molar refractivity (Wildman–Crippen MR) is 101 cm³/mol. The molecule has 1 aromatic heterocycles. The summed E-state index contributed by atoms with van der Waals surface area (Å²) < 4.78 is 6.43. The quantitative estimate of drug-likeness (QED) is 0.886. The molecule has 7 heteroatoms. The van der Waals surface area contributed by atoms with E-state index in [2.05, 4.69) is 15.3 Å². The Morgan fingerprint density at radius 2 is 1.88 bits per heavy atom. The van der Waals surface area contributed by atoms with Gasteiger partial charge in [0, 0.05) is 20.1 Å². The number of benzene rings is 1. The van der Waals surface area contributed by atoms with Crippen LogP contribution in [-0.2, 0) is 18.3 Å². The van der Waals surface area contributed by atoms with Crippen molar-refractivity contribution in [1.82, 2.24) is 9.78 Å². The van der Waals surface area contributed by atoms with Crippen molar-refractivity contribution in [2.45, 2.75) is 25.7 Å². The van der Waals surface area contributed by atoms with Gasteiger partial charge in [-0.25, -0.2) is 4.68 Å². The monoisotopic (exact) mass is 356 g/mol. The number of carbonyl (C=O) groups is 1. The van der Waals surface area contributed by atoms with Crippen LogP contribution in [0.25, 0.3) is 0 Å². The highest BCUT2D eigenvalue weighted by molar-refractivity contribution is 5.95. The second-order valence-corrected chi connectivity index (χ2v) is 6.46. The molecule has 1 N–H and O–H groups in total. The molecular weight excluding hydrogens is 332 g/mol. The number of methoxy groups -OCH3 is 1. The second kappa shape index (κ2) is 8.03. The molecule has 0 unspecified atom stereocenters. The number of carbonyl (C=O) groups excluding carboxylic acids is 1. The van der Waals surface area contributed by atoms with Gasteiger partial charge in [-0.15, -0.1) is 0 Å². The van der Waals surface area contributed by atoms with E-state index in [1.807, 2.05) is 24.3 Å². The van der Waals surface area contributed by atoms with Gasteiger partial charge in [-0.1, -0.05) is 12.1 Å². The molecule has 0 bridgehead atoms. The molecule has 1 fully saturated rings. The zero-order valence-corrected chi connectivity index (χ0v) is 15.2. The Balaban J connectivity index is 1.78. The van der Waals surface area contributed by atoms with Gasteiger partial charge in [0.25, 0.3) is 5.56 Å². The number of aromatic nitrogens is 2. The lowest BCUT2D eigenvalue weighted by molar-refractivity contribution is -0.115. The van der Waals surface area contributed by atoms with Crippen molar-refractivity contribution in [3.63, 3.8) is 0 Å². The van der Waals surface area contributed by atoms with Gasteiger partial charge in [0.1, 0.15) is 11.4 Å². The highest BCUT2D eigenvalue weighted by Gasteiger charge is 2.20. The number of rotatable bonds is 5. The molecule has 0 saturated carbocycles. The smallest absolute Gasteiger partial charge is 0.292 e. The van der Waals surface area contributed by atoms with E-state index < -0.39 is 0 Å². The van der Waals surface area contributed by atoms with Crippen LogP contribution in [0.4, 0.5) is 11.4 Å². The molecular formula is C19H24N4O3. The molecule has 1 amide bonds. The number of hydrogen-bond donors (Lipinski definition) is 1. The molecule has 1 aromatic carbocycles. The van der Waals surface area contributed by atoms with Crippen LogP contribution in [0.5, 0.6) is 5.75 Å². The van der Waals surface area contributed by atoms with Gasteiger partial charge in [0.15, 0.2) is 0 Å². The summed E-state index contributed by atoms with van der Waals surface area (Å²) in [6, 6.07) is 7.35. The average Bonchev–Trinajstić information content (AvgIpc) is 2.66. The number of nitrogens with one attached hydrogen (secondary N) is 1. The number of nitrogens with zero attached hydrogens (tertiary/aromatic N) is 3. The summed E-state index contributed by atoms with van der Waals surface area (Å²) in [4.78, 5) is 27.1. The molecule has 1 aliphatic rings. The van der Waals surface area contributed by atoms with Gasteiger partial charge < -0.3 is 15.0 Å². The number of piperidine rings is 1. The zero-order valence-electron chi connectivity index (χ0n) is 15.2. The summed E-state index contributed by atoms with van der Waals surface area (Å²) in [5.74, 6) is 0.570. The summed E-state index contributed by atoms with van der Waals surface area (Å²) >= 11 is 0. The fraction of sp³-hybridized carbons (Fsp3) is 0.421. The van der Waals surface area contributed by atoms with Crippen LogP contribution in [0.2, 0.25) is 0 Å². The Bertz CT molecular complexity index is 824. The van der Waals surface area contributed by atoms with Crippen molar-refractivity contribution in [1.29, 1.82) is 0 Å². The molecule has 2 heterocycles. The summed E-state index contributed by atoms with van der Waals surface area (Å²) in [5, 5.41) is 6.93. The zero-order chi connectivity index (χ0) is 18.5. The summed E-state index contributed by atoms with van der Waals surface area (Å²) in [6.07, 6.45) is 5.03. The molecule has 138 valence electrons. The Labute approximate surface area is 152 Å². The Hall–Kier alpha value is -2.83. The average molecular weight is 356 g/mol. The molecule has 0 spiro atoms. The normalized spacial score (nSPS) is 14.2. The molecule has 26 heavy (non-hydrogen) atoms. The number of aryl methyl sites for hydroxylation is 1. The summed E-state index contributed by atoms with van der Waals surface area (Å²) in [5.41, 5.74) is 1.70. The van der Waals surface area contributed by atoms with Crippen molar-refractivity contribution in [3.8, 4) is 5.75 Å². The fourth-order valence-electron chi connectivity index (χ4n) is 3.16.